The summed E-state index contributed by atoms with van der Waals surface area (Å²) in [5.41, 5.74) is 1.81. The summed E-state index contributed by atoms with van der Waals surface area (Å²) in [4.78, 5) is 0. The third-order valence-corrected chi connectivity index (χ3v) is 2.71. The maximum Gasteiger partial charge on any atom is 0.124 e. The molecule has 0 radical (unpaired) electrons. The van der Waals surface area contributed by atoms with Crippen LogP contribution in [-0.4, -0.2) is 10.2 Å². The molecule has 0 bridgehead atoms. The van der Waals surface area contributed by atoms with Crippen LogP contribution in [0.25, 0.3) is 0 Å². The SMILES string of the molecule is Oc1ccccc1C[NH2+]Cc1ccccc1O. The molecule has 88 valence electrons. The zero-order valence-electron chi connectivity index (χ0n) is 9.50. The third-order valence-electron chi connectivity index (χ3n) is 2.71. The first kappa shape index (κ1) is 11.5. The lowest BCUT2D eigenvalue weighted by atomic mass is 10.1. The summed E-state index contributed by atoms with van der Waals surface area (Å²) in [5, 5.41) is 21.2. The van der Waals surface area contributed by atoms with Gasteiger partial charge in [0, 0.05) is 11.1 Å². The highest BCUT2D eigenvalue weighted by Gasteiger charge is 2.04. The first-order valence-electron chi connectivity index (χ1n) is 5.63. The van der Waals surface area contributed by atoms with E-state index in [1.165, 1.54) is 0 Å². The van der Waals surface area contributed by atoms with Gasteiger partial charge in [0.2, 0.25) is 0 Å². The predicted molar refractivity (Wildman–Crippen MR) is 65.5 cm³/mol. The highest BCUT2D eigenvalue weighted by atomic mass is 16.3. The number of para-hydroxylation sites is 2. The molecule has 2 aromatic rings. The Morgan fingerprint density at radius 1 is 0.706 bits per heavy atom. The summed E-state index contributed by atoms with van der Waals surface area (Å²) < 4.78 is 0. The first-order chi connectivity index (χ1) is 8.27. The maximum absolute atomic E-state index is 9.59. The van der Waals surface area contributed by atoms with E-state index in [2.05, 4.69) is 0 Å². The molecule has 0 fully saturated rings. The van der Waals surface area contributed by atoms with Gasteiger partial charge in [0.25, 0.3) is 0 Å². The summed E-state index contributed by atoms with van der Waals surface area (Å²) in [5.74, 6) is 0.641. The summed E-state index contributed by atoms with van der Waals surface area (Å²) >= 11 is 0. The van der Waals surface area contributed by atoms with Gasteiger partial charge in [0.05, 0.1) is 0 Å². The molecule has 0 aliphatic rings. The predicted octanol–water partition coefficient (Wildman–Crippen LogP) is 1.36. The summed E-state index contributed by atoms with van der Waals surface area (Å²) in [7, 11) is 0. The summed E-state index contributed by atoms with van der Waals surface area (Å²) in [6.45, 7) is 1.39. The summed E-state index contributed by atoms with van der Waals surface area (Å²) in [6, 6.07) is 14.6. The molecule has 0 atom stereocenters. The number of benzene rings is 2. The maximum atomic E-state index is 9.59. The van der Waals surface area contributed by atoms with Crippen molar-refractivity contribution < 1.29 is 15.5 Å². The van der Waals surface area contributed by atoms with Gasteiger partial charge in [-0.1, -0.05) is 24.3 Å². The fourth-order valence-electron chi connectivity index (χ4n) is 1.75. The zero-order valence-corrected chi connectivity index (χ0v) is 9.50. The Morgan fingerprint density at radius 2 is 1.12 bits per heavy atom. The number of nitrogens with two attached hydrogens (primary N) is 1. The second-order valence-electron chi connectivity index (χ2n) is 3.95. The van der Waals surface area contributed by atoms with Crippen molar-refractivity contribution in [3.63, 3.8) is 0 Å². The van der Waals surface area contributed by atoms with E-state index in [0.717, 1.165) is 11.1 Å². The van der Waals surface area contributed by atoms with Crippen molar-refractivity contribution in [3.05, 3.63) is 59.7 Å². The van der Waals surface area contributed by atoms with Gasteiger partial charge in [-0.2, -0.15) is 0 Å². The molecule has 0 spiro atoms. The van der Waals surface area contributed by atoms with Gasteiger partial charge < -0.3 is 15.5 Å². The van der Waals surface area contributed by atoms with E-state index in [1.54, 1.807) is 12.1 Å². The van der Waals surface area contributed by atoms with Crippen molar-refractivity contribution in [1.29, 1.82) is 0 Å². The molecule has 0 aliphatic carbocycles. The number of hydrogen-bond donors (Lipinski definition) is 3. The molecular weight excluding hydrogens is 214 g/mol. The Kier molecular flexibility index (Phi) is 3.62. The number of hydrogen-bond acceptors (Lipinski definition) is 2. The Hall–Kier alpha value is -2.00. The van der Waals surface area contributed by atoms with Crippen LogP contribution in [0.3, 0.4) is 0 Å². The molecule has 3 nitrogen and oxygen atoms in total. The van der Waals surface area contributed by atoms with Crippen LogP contribution in [0.5, 0.6) is 11.5 Å². The molecule has 3 heteroatoms. The van der Waals surface area contributed by atoms with Gasteiger partial charge in [0.15, 0.2) is 0 Å². The number of aromatic hydroxyl groups is 2. The normalized spacial score (nSPS) is 10.4. The number of phenolic OH excluding ortho intramolecular Hbond substituents is 2. The van der Waals surface area contributed by atoms with Gasteiger partial charge >= 0.3 is 0 Å². The van der Waals surface area contributed by atoms with Crippen molar-refractivity contribution in [2.45, 2.75) is 13.1 Å². The van der Waals surface area contributed by atoms with E-state index in [9.17, 15) is 10.2 Å². The van der Waals surface area contributed by atoms with Crippen molar-refractivity contribution in [2.24, 2.45) is 0 Å². The minimum atomic E-state index is 0.320. The second-order valence-corrected chi connectivity index (χ2v) is 3.95. The largest absolute Gasteiger partial charge is 0.507 e. The molecule has 2 aromatic carbocycles. The number of rotatable bonds is 4. The van der Waals surface area contributed by atoms with Crippen LogP contribution in [0.4, 0.5) is 0 Å². The molecule has 0 saturated heterocycles. The van der Waals surface area contributed by atoms with E-state index < -0.39 is 0 Å². The Morgan fingerprint density at radius 3 is 1.53 bits per heavy atom. The van der Waals surface area contributed by atoms with E-state index in [4.69, 9.17) is 0 Å². The quantitative estimate of drug-likeness (QED) is 0.743. The molecule has 17 heavy (non-hydrogen) atoms. The molecular formula is C14H16NO2+. The Balaban J connectivity index is 1.93. The highest BCUT2D eigenvalue weighted by molar-refractivity contribution is 5.32. The van der Waals surface area contributed by atoms with E-state index >= 15 is 0 Å². The van der Waals surface area contributed by atoms with Crippen molar-refractivity contribution in [2.75, 3.05) is 0 Å². The highest BCUT2D eigenvalue weighted by Crippen LogP contribution is 2.15. The number of quaternary nitrogens is 1. The molecule has 0 saturated carbocycles. The molecule has 0 aliphatic heterocycles. The van der Waals surface area contributed by atoms with Crippen LogP contribution in [-0.2, 0) is 13.1 Å². The zero-order chi connectivity index (χ0) is 12.1. The Labute approximate surface area is 100 Å². The average molecular weight is 230 g/mol. The van der Waals surface area contributed by atoms with Gasteiger partial charge in [-0.25, -0.2) is 0 Å². The smallest absolute Gasteiger partial charge is 0.124 e. The molecule has 0 heterocycles. The lowest BCUT2D eigenvalue weighted by Crippen LogP contribution is -2.80. The molecule has 2 rings (SSSR count). The van der Waals surface area contributed by atoms with E-state index in [-0.39, 0.29) is 0 Å². The minimum Gasteiger partial charge on any atom is -0.507 e. The monoisotopic (exact) mass is 230 g/mol. The van der Waals surface area contributed by atoms with Gasteiger partial charge in [-0.15, -0.1) is 0 Å². The number of phenols is 2. The molecule has 0 unspecified atom stereocenters. The van der Waals surface area contributed by atoms with E-state index in [0.29, 0.717) is 24.6 Å². The van der Waals surface area contributed by atoms with Crippen LogP contribution in [0, 0.1) is 0 Å². The van der Waals surface area contributed by atoms with Crippen LogP contribution >= 0.6 is 0 Å². The second kappa shape index (κ2) is 5.37. The summed E-state index contributed by atoms with van der Waals surface area (Å²) in [6.07, 6.45) is 0. The van der Waals surface area contributed by atoms with E-state index in [1.807, 2.05) is 41.7 Å². The fourth-order valence-corrected chi connectivity index (χ4v) is 1.75. The van der Waals surface area contributed by atoms with Gasteiger partial charge in [-0.3, -0.25) is 0 Å². The lowest BCUT2D eigenvalue weighted by molar-refractivity contribution is -0.686. The van der Waals surface area contributed by atoms with Gasteiger partial charge in [0.1, 0.15) is 24.6 Å². The minimum absolute atomic E-state index is 0.320. The van der Waals surface area contributed by atoms with Crippen LogP contribution < -0.4 is 5.32 Å². The fraction of sp³-hybridized carbons (Fsp3) is 0.143. The van der Waals surface area contributed by atoms with Crippen LogP contribution in [0.15, 0.2) is 48.5 Å². The van der Waals surface area contributed by atoms with Crippen molar-refractivity contribution in [3.8, 4) is 11.5 Å². The topological polar surface area (TPSA) is 57.1 Å². The Bertz CT molecular complexity index is 452. The first-order valence-corrected chi connectivity index (χ1v) is 5.63. The molecule has 0 amide bonds. The molecule has 0 aromatic heterocycles. The van der Waals surface area contributed by atoms with Crippen LogP contribution in [0.2, 0.25) is 0 Å². The average Bonchev–Trinajstić information content (AvgIpc) is 2.34. The standard InChI is InChI=1S/C14H15NO2/c16-13-7-3-1-5-11(13)9-15-10-12-6-2-4-8-14(12)17/h1-8,15-17H,9-10H2/p+1. The lowest BCUT2D eigenvalue weighted by Gasteiger charge is -2.05. The van der Waals surface area contributed by atoms with Crippen LogP contribution in [0.1, 0.15) is 11.1 Å². The van der Waals surface area contributed by atoms with Crippen molar-refractivity contribution >= 4 is 0 Å². The molecule has 4 N–H and O–H groups in total. The van der Waals surface area contributed by atoms with Crippen molar-refractivity contribution in [1.82, 2.24) is 0 Å². The third kappa shape index (κ3) is 2.98. The van der Waals surface area contributed by atoms with Gasteiger partial charge in [-0.05, 0) is 24.3 Å².